The summed E-state index contributed by atoms with van der Waals surface area (Å²) in [6.45, 7) is 4.00. The number of terminal acetylenes is 1. The van der Waals surface area contributed by atoms with Crippen molar-refractivity contribution in [2.45, 2.75) is 20.0 Å². The molecule has 0 aromatic heterocycles. The molecule has 0 bridgehead atoms. The van der Waals surface area contributed by atoms with Crippen LogP contribution < -0.4 is 0 Å². The van der Waals surface area contributed by atoms with Gasteiger partial charge in [-0.1, -0.05) is 19.8 Å². The predicted octanol–water partition coefficient (Wildman–Crippen LogP) is 3.71. The summed E-state index contributed by atoms with van der Waals surface area (Å²) in [7, 11) is 0. The van der Waals surface area contributed by atoms with Gasteiger partial charge in [-0.25, -0.2) is 0 Å². The van der Waals surface area contributed by atoms with Gasteiger partial charge in [-0.3, -0.25) is 0 Å². The van der Waals surface area contributed by atoms with Gasteiger partial charge in [0.15, 0.2) is 0 Å². The molecule has 0 atom stereocenters. The molecule has 0 aliphatic heterocycles. The first-order valence-electron chi connectivity index (χ1n) is 4.18. The van der Waals surface area contributed by atoms with Gasteiger partial charge in [0.05, 0.1) is 5.56 Å². The van der Waals surface area contributed by atoms with E-state index in [-0.39, 0.29) is 0 Å². The molecule has 1 rings (SSSR count). The zero-order valence-corrected chi connectivity index (χ0v) is 8.02. The first-order chi connectivity index (χ1) is 6.54. The van der Waals surface area contributed by atoms with Crippen LogP contribution in [-0.2, 0) is 6.18 Å². The lowest BCUT2D eigenvalue weighted by atomic mass is 10.1. The van der Waals surface area contributed by atoms with Gasteiger partial charge in [-0.15, -0.1) is 6.42 Å². The lowest BCUT2D eigenvalue weighted by molar-refractivity contribution is -0.137. The molecule has 0 fully saturated rings. The molecule has 1 aromatic carbocycles. The van der Waals surface area contributed by atoms with Crippen molar-refractivity contribution in [1.29, 1.82) is 0 Å². The summed E-state index contributed by atoms with van der Waals surface area (Å²) in [5, 5.41) is 0. The summed E-state index contributed by atoms with van der Waals surface area (Å²) >= 11 is 0. The van der Waals surface area contributed by atoms with Crippen molar-refractivity contribution in [1.82, 2.24) is 0 Å². The molecule has 3 heteroatoms. The lowest BCUT2D eigenvalue weighted by Crippen LogP contribution is -2.03. The first kappa shape index (κ1) is 12.6. The first-order valence-corrected chi connectivity index (χ1v) is 4.18. The van der Waals surface area contributed by atoms with Gasteiger partial charge in [0.25, 0.3) is 0 Å². The maximum absolute atomic E-state index is 12.0. The van der Waals surface area contributed by atoms with E-state index < -0.39 is 11.7 Å². The fourth-order valence-corrected chi connectivity index (χ4v) is 0.755. The SMILES string of the molecule is C#Cc1ccc(C(F)(F)F)cc1.CC. The van der Waals surface area contributed by atoms with Crippen LogP contribution in [0.4, 0.5) is 13.2 Å². The Hall–Kier alpha value is -1.43. The maximum atomic E-state index is 12.0. The monoisotopic (exact) mass is 200 g/mol. The summed E-state index contributed by atoms with van der Waals surface area (Å²) in [5.41, 5.74) is -0.232. The third kappa shape index (κ3) is 3.53. The van der Waals surface area contributed by atoms with E-state index in [0.717, 1.165) is 12.1 Å². The van der Waals surface area contributed by atoms with Gasteiger partial charge < -0.3 is 0 Å². The van der Waals surface area contributed by atoms with E-state index in [1.807, 2.05) is 13.8 Å². The molecule has 0 aliphatic carbocycles. The molecule has 0 heterocycles. The van der Waals surface area contributed by atoms with Crippen LogP contribution in [0.25, 0.3) is 0 Å². The van der Waals surface area contributed by atoms with Gasteiger partial charge in [0, 0.05) is 5.56 Å². The minimum Gasteiger partial charge on any atom is -0.166 e. The van der Waals surface area contributed by atoms with Crippen LogP contribution in [0.15, 0.2) is 24.3 Å². The number of hydrogen-bond acceptors (Lipinski definition) is 0. The second-order valence-electron chi connectivity index (χ2n) is 2.22. The van der Waals surface area contributed by atoms with Crippen LogP contribution in [0.5, 0.6) is 0 Å². The van der Waals surface area contributed by atoms with Crippen molar-refractivity contribution in [3.05, 3.63) is 35.4 Å². The number of rotatable bonds is 0. The maximum Gasteiger partial charge on any atom is 0.416 e. The van der Waals surface area contributed by atoms with E-state index >= 15 is 0 Å². The summed E-state index contributed by atoms with van der Waals surface area (Å²) in [6.07, 6.45) is 0.693. The van der Waals surface area contributed by atoms with Crippen molar-refractivity contribution in [2.24, 2.45) is 0 Å². The summed E-state index contributed by atoms with van der Waals surface area (Å²) < 4.78 is 35.9. The van der Waals surface area contributed by atoms with Crippen molar-refractivity contribution < 1.29 is 13.2 Å². The van der Waals surface area contributed by atoms with Gasteiger partial charge in [-0.05, 0) is 24.3 Å². The fraction of sp³-hybridized carbons (Fsp3) is 0.273. The lowest BCUT2D eigenvalue weighted by Gasteiger charge is -2.05. The van der Waals surface area contributed by atoms with Gasteiger partial charge >= 0.3 is 6.18 Å². The second-order valence-corrected chi connectivity index (χ2v) is 2.22. The molecule has 0 amide bonds. The number of benzene rings is 1. The van der Waals surface area contributed by atoms with Crippen molar-refractivity contribution in [3.8, 4) is 12.3 Å². The summed E-state index contributed by atoms with van der Waals surface area (Å²) in [5.74, 6) is 2.24. The van der Waals surface area contributed by atoms with Crippen LogP contribution in [0.3, 0.4) is 0 Å². The van der Waals surface area contributed by atoms with Crippen LogP contribution >= 0.6 is 0 Å². The van der Waals surface area contributed by atoms with E-state index in [9.17, 15) is 13.2 Å². The molecule has 0 unspecified atom stereocenters. The van der Waals surface area contributed by atoms with E-state index in [0.29, 0.717) is 5.56 Å². The molecule has 1 aromatic rings. The molecule has 0 N–H and O–H groups in total. The highest BCUT2D eigenvalue weighted by Gasteiger charge is 2.29. The summed E-state index contributed by atoms with van der Waals surface area (Å²) in [4.78, 5) is 0. The minimum absolute atomic E-state index is 0.447. The van der Waals surface area contributed by atoms with Crippen LogP contribution in [0.2, 0.25) is 0 Å². The molecule has 0 radical (unpaired) electrons. The topological polar surface area (TPSA) is 0 Å². The standard InChI is InChI=1S/C9H5F3.C2H6/c1-2-7-3-5-8(6-4-7)9(10,11)12;1-2/h1,3-6H;1-2H3. The second kappa shape index (κ2) is 5.33. The van der Waals surface area contributed by atoms with E-state index in [4.69, 9.17) is 6.42 Å². The molecular formula is C11H11F3. The number of hydrogen-bond donors (Lipinski definition) is 0. The molecule has 14 heavy (non-hydrogen) atoms. The Balaban J connectivity index is 0.000000791. The predicted molar refractivity (Wildman–Crippen MR) is 50.7 cm³/mol. The minimum atomic E-state index is -4.28. The highest BCUT2D eigenvalue weighted by Crippen LogP contribution is 2.28. The number of halogens is 3. The zero-order chi connectivity index (χ0) is 11.2. The smallest absolute Gasteiger partial charge is 0.166 e. The molecule has 0 spiro atoms. The molecule has 0 saturated heterocycles. The zero-order valence-electron chi connectivity index (χ0n) is 8.02. The third-order valence-corrected chi connectivity index (χ3v) is 1.38. The van der Waals surface area contributed by atoms with E-state index in [1.54, 1.807) is 0 Å². The van der Waals surface area contributed by atoms with Gasteiger partial charge in [-0.2, -0.15) is 13.2 Å². The van der Waals surface area contributed by atoms with Crippen LogP contribution in [-0.4, -0.2) is 0 Å². The van der Waals surface area contributed by atoms with Crippen molar-refractivity contribution in [3.63, 3.8) is 0 Å². The molecule has 0 nitrogen and oxygen atoms in total. The largest absolute Gasteiger partial charge is 0.416 e. The Morgan fingerprint density at radius 2 is 1.50 bits per heavy atom. The highest BCUT2D eigenvalue weighted by molar-refractivity contribution is 5.34. The fourth-order valence-electron chi connectivity index (χ4n) is 0.755. The highest BCUT2D eigenvalue weighted by atomic mass is 19.4. The quantitative estimate of drug-likeness (QED) is 0.560. The van der Waals surface area contributed by atoms with Gasteiger partial charge in [0.1, 0.15) is 0 Å². The van der Waals surface area contributed by atoms with Gasteiger partial charge in [0.2, 0.25) is 0 Å². The summed E-state index contributed by atoms with van der Waals surface area (Å²) in [6, 6.07) is 4.47. The van der Waals surface area contributed by atoms with Crippen molar-refractivity contribution >= 4 is 0 Å². The Morgan fingerprint density at radius 1 is 1.07 bits per heavy atom. The normalized spacial score (nSPS) is 9.71. The molecule has 0 saturated carbocycles. The van der Waals surface area contributed by atoms with Crippen LogP contribution in [0.1, 0.15) is 25.0 Å². The average molecular weight is 200 g/mol. The number of alkyl halides is 3. The average Bonchev–Trinajstić information content (AvgIpc) is 2.20. The molecule has 76 valence electrons. The molecule has 0 aliphatic rings. The van der Waals surface area contributed by atoms with Crippen LogP contribution in [0, 0.1) is 12.3 Å². The van der Waals surface area contributed by atoms with E-state index in [2.05, 4.69) is 5.92 Å². The molecular weight excluding hydrogens is 189 g/mol. The Labute approximate surface area is 81.8 Å². The Kier molecular flexibility index (Phi) is 4.79. The Bertz CT molecular complexity index is 301. The Morgan fingerprint density at radius 3 is 1.79 bits per heavy atom. The van der Waals surface area contributed by atoms with Crippen molar-refractivity contribution in [2.75, 3.05) is 0 Å². The van der Waals surface area contributed by atoms with E-state index in [1.165, 1.54) is 12.1 Å². The third-order valence-electron chi connectivity index (χ3n) is 1.38.